The Bertz CT molecular complexity index is 890. The Morgan fingerprint density at radius 3 is 2.70 bits per heavy atom. The number of carbonyl (C=O) groups is 1. The number of halogens is 1. The quantitative estimate of drug-likeness (QED) is 0.448. The van der Waals surface area contributed by atoms with Crippen LogP contribution >= 0.6 is 46.1 Å². The number of hydrogen-bond acceptors (Lipinski definition) is 4. The molecule has 2 N–H and O–H groups in total. The smallest absolute Gasteiger partial charge is 0.257 e. The third-order valence-corrected chi connectivity index (χ3v) is 4.95. The van der Waals surface area contributed by atoms with Crippen molar-refractivity contribution in [2.75, 3.05) is 5.32 Å². The average molecular weight is 453 g/mol. The third kappa shape index (κ3) is 4.04. The minimum absolute atomic E-state index is 0.240. The molecule has 0 aliphatic rings. The van der Waals surface area contributed by atoms with Gasteiger partial charge in [-0.2, -0.15) is 0 Å². The Kier molecular flexibility index (Phi) is 4.88. The standard InChI is InChI=1S/C16H12IN3OS2/c1-9-2-7-12-13(8-9)23-16(18-12)20-15(22)19-14(21)10-3-5-11(17)6-4-10/h2-8H,1H3,(H2,18,19,20,21,22). The number of nitrogens with zero attached hydrogens (tertiary/aromatic N) is 1. The maximum absolute atomic E-state index is 12.1. The van der Waals surface area contributed by atoms with Crippen LogP contribution in [0.4, 0.5) is 5.13 Å². The van der Waals surface area contributed by atoms with Gasteiger partial charge in [0, 0.05) is 9.13 Å². The average Bonchev–Trinajstić information content (AvgIpc) is 2.88. The lowest BCUT2D eigenvalue weighted by Gasteiger charge is -2.07. The number of amides is 1. The SMILES string of the molecule is Cc1ccc2nc(NC(=S)NC(=O)c3ccc(I)cc3)sc2c1. The van der Waals surface area contributed by atoms with Crippen LogP contribution in [0.5, 0.6) is 0 Å². The van der Waals surface area contributed by atoms with Gasteiger partial charge in [-0.1, -0.05) is 17.4 Å². The first-order valence-electron chi connectivity index (χ1n) is 6.76. The van der Waals surface area contributed by atoms with Gasteiger partial charge in [0.05, 0.1) is 10.2 Å². The van der Waals surface area contributed by atoms with Gasteiger partial charge in [-0.3, -0.25) is 10.1 Å². The van der Waals surface area contributed by atoms with Crippen LogP contribution in [0.1, 0.15) is 15.9 Å². The van der Waals surface area contributed by atoms with Gasteiger partial charge in [-0.25, -0.2) is 4.98 Å². The predicted octanol–water partition coefficient (Wildman–Crippen LogP) is 4.34. The number of aromatic nitrogens is 1. The first-order valence-corrected chi connectivity index (χ1v) is 9.07. The Morgan fingerprint density at radius 2 is 1.96 bits per heavy atom. The Labute approximate surface area is 156 Å². The van der Waals surface area contributed by atoms with E-state index in [2.05, 4.69) is 44.3 Å². The van der Waals surface area contributed by atoms with E-state index >= 15 is 0 Å². The van der Waals surface area contributed by atoms with Crippen molar-refractivity contribution in [1.29, 1.82) is 0 Å². The molecule has 3 rings (SSSR count). The molecule has 1 amide bonds. The van der Waals surface area contributed by atoms with Crippen LogP contribution < -0.4 is 10.6 Å². The van der Waals surface area contributed by atoms with Gasteiger partial charge < -0.3 is 5.32 Å². The monoisotopic (exact) mass is 453 g/mol. The maximum Gasteiger partial charge on any atom is 0.257 e. The molecule has 0 unspecified atom stereocenters. The number of aryl methyl sites for hydroxylation is 1. The van der Waals surface area contributed by atoms with Crippen LogP contribution in [0, 0.1) is 10.5 Å². The fourth-order valence-corrected chi connectivity index (χ4v) is 3.57. The highest BCUT2D eigenvalue weighted by atomic mass is 127. The second-order valence-electron chi connectivity index (χ2n) is 4.91. The van der Waals surface area contributed by atoms with Gasteiger partial charge in [0.2, 0.25) is 0 Å². The Hall–Kier alpha value is -1.58. The van der Waals surface area contributed by atoms with E-state index in [1.807, 2.05) is 31.2 Å². The highest BCUT2D eigenvalue weighted by Crippen LogP contribution is 2.26. The zero-order valence-electron chi connectivity index (χ0n) is 12.1. The number of hydrogen-bond donors (Lipinski definition) is 2. The molecule has 4 nitrogen and oxygen atoms in total. The summed E-state index contributed by atoms with van der Waals surface area (Å²) in [6.07, 6.45) is 0. The second kappa shape index (κ2) is 6.90. The van der Waals surface area contributed by atoms with Crippen molar-refractivity contribution < 1.29 is 4.79 Å². The zero-order valence-corrected chi connectivity index (χ0v) is 15.9. The first-order chi connectivity index (χ1) is 11.0. The van der Waals surface area contributed by atoms with Crippen LogP contribution in [0.3, 0.4) is 0 Å². The van der Waals surface area contributed by atoms with E-state index in [1.165, 1.54) is 16.9 Å². The molecule has 0 radical (unpaired) electrons. The topological polar surface area (TPSA) is 54.0 Å². The van der Waals surface area contributed by atoms with Crippen molar-refractivity contribution in [2.45, 2.75) is 6.92 Å². The molecule has 0 saturated heterocycles. The van der Waals surface area contributed by atoms with Crippen LogP contribution in [0.2, 0.25) is 0 Å². The highest BCUT2D eigenvalue weighted by Gasteiger charge is 2.10. The van der Waals surface area contributed by atoms with Crippen LogP contribution in [-0.2, 0) is 0 Å². The van der Waals surface area contributed by atoms with E-state index in [9.17, 15) is 4.79 Å². The summed E-state index contributed by atoms with van der Waals surface area (Å²) in [4.78, 5) is 16.6. The Morgan fingerprint density at radius 1 is 1.22 bits per heavy atom. The van der Waals surface area contributed by atoms with Crippen LogP contribution in [0.25, 0.3) is 10.2 Å². The second-order valence-corrected chi connectivity index (χ2v) is 7.59. The number of benzene rings is 2. The molecule has 0 aliphatic carbocycles. The summed E-state index contributed by atoms with van der Waals surface area (Å²) in [5, 5.41) is 6.54. The molecule has 3 aromatic rings. The number of anilines is 1. The van der Waals surface area contributed by atoms with Gasteiger partial charge in [0.15, 0.2) is 10.2 Å². The van der Waals surface area contributed by atoms with Crippen LogP contribution in [-0.4, -0.2) is 16.0 Å². The summed E-state index contributed by atoms with van der Waals surface area (Å²) >= 11 is 8.89. The van der Waals surface area contributed by atoms with E-state index in [1.54, 1.807) is 12.1 Å². The van der Waals surface area contributed by atoms with Gasteiger partial charge >= 0.3 is 0 Å². The summed E-state index contributed by atoms with van der Waals surface area (Å²) in [6, 6.07) is 13.3. The minimum Gasteiger partial charge on any atom is -0.308 e. The van der Waals surface area contributed by atoms with E-state index in [4.69, 9.17) is 12.2 Å². The van der Waals surface area contributed by atoms with Crippen molar-refractivity contribution >= 4 is 72.5 Å². The number of rotatable bonds is 2. The fourth-order valence-electron chi connectivity index (χ4n) is 1.99. The number of thiocarbonyl (C=S) groups is 1. The molecule has 23 heavy (non-hydrogen) atoms. The Balaban J connectivity index is 1.68. The van der Waals surface area contributed by atoms with Gasteiger partial charge in [0.1, 0.15) is 0 Å². The molecular weight excluding hydrogens is 441 g/mol. The number of thiazole rings is 1. The van der Waals surface area contributed by atoms with Crippen molar-refractivity contribution in [3.8, 4) is 0 Å². The molecule has 7 heteroatoms. The molecule has 116 valence electrons. The van der Waals surface area contributed by atoms with Crippen molar-refractivity contribution in [2.24, 2.45) is 0 Å². The summed E-state index contributed by atoms with van der Waals surface area (Å²) in [5.74, 6) is -0.240. The van der Waals surface area contributed by atoms with Gasteiger partial charge in [-0.15, -0.1) is 0 Å². The lowest BCUT2D eigenvalue weighted by molar-refractivity contribution is 0.0977. The summed E-state index contributed by atoms with van der Waals surface area (Å²) in [7, 11) is 0. The van der Waals surface area contributed by atoms with E-state index in [0.29, 0.717) is 10.7 Å². The van der Waals surface area contributed by atoms with Crippen molar-refractivity contribution in [1.82, 2.24) is 10.3 Å². The molecule has 0 fully saturated rings. The molecule has 0 saturated carbocycles. The number of nitrogens with one attached hydrogen (secondary N) is 2. The van der Waals surface area contributed by atoms with E-state index in [-0.39, 0.29) is 11.0 Å². The largest absolute Gasteiger partial charge is 0.308 e. The molecule has 0 atom stereocenters. The predicted molar refractivity (Wildman–Crippen MR) is 107 cm³/mol. The van der Waals surface area contributed by atoms with E-state index < -0.39 is 0 Å². The minimum atomic E-state index is -0.240. The van der Waals surface area contributed by atoms with E-state index in [0.717, 1.165) is 13.8 Å². The number of carbonyl (C=O) groups excluding carboxylic acids is 1. The molecule has 0 bridgehead atoms. The van der Waals surface area contributed by atoms with Crippen molar-refractivity contribution in [3.05, 3.63) is 57.2 Å². The molecule has 2 aromatic carbocycles. The first kappa shape index (κ1) is 16.3. The van der Waals surface area contributed by atoms with Gasteiger partial charge in [-0.05, 0) is 83.7 Å². The molecule has 1 heterocycles. The fraction of sp³-hybridized carbons (Fsp3) is 0.0625. The summed E-state index contributed by atoms with van der Waals surface area (Å²) in [5.41, 5.74) is 2.66. The normalized spacial score (nSPS) is 10.5. The number of fused-ring (bicyclic) bond motifs is 1. The molecular formula is C16H12IN3OS2. The third-order valence-electron chi connectivity index (χ3n) is 3.10. The van der Waals surface area contributed by atoms with Gasteiger partial charge in [0.25, 0.3) is 5.91 Å². The molecule has 0 spiro atoms. The van der Waals surface area contributed by atoms with Crippen LogP contribution in [0.15, 0.2) is 42.5 Å². The lowest BCUT2D eigenvalue weighted by Crippen LogP contribution is -2.34. The molecule has 1 aromatic heterocycles. The van der Waals surface area contributed by atoms with Crippen molar-refractivity contribution in [3.63, 3.8) is 0 Å². The summed E-state index contributed by atoms with van der Waals surface area (Å²) < 4.78 is 2.16. The zero-order chi connectivity index (χ0) is 16.4. The summed E-state index contributed by atoms with van der Waals surface area (Å²) in [6.45, 7) is 2.04. The lowest BCUT2D eigenvalue weighted by atomic mass is 10.2. The highest BCUT2D eigenvalue weighted by molar-refractivity contribution is 14.1. The molecule has 0 aliphatic heterocycles. The maximum atomic E-state index is 12.1.